The Balaban J connectivity index is 0.000000713. The van der Waals surface area contributed by atoms with Crippen LogP contribution < -0.4 is 10.9 Å². The zero-order valence-corrected chi connectivity index (χ0v) is 13.7. The van der Waals surface area contributed by atoms with Gasteiger partial charge >= 0.3 is 0 Å². The average Bonchev–Trinajstić information content (AvgIpc) is 2.92. The van der Waals surface area contributed by atoms with Crippen LogP contribution in [0, 0.1) is 0 Å². The number of nitrogens with zero attached hydrogens (tertiary/aromatic N) is 1. The molecular formula is C15H28N4O2. The van der Waals surface area contributed by atoms with Gasteiger partial charge in [0.25, 0.3) is 5.56 Å². The molecule has 2 aromatic rings. The Bertz CT molecular complexity index is 548. The molecule has 0 unspecified atom stereocenters. The SMILES string of the molecule is CC.CCC.C[C@H](CO)NCc1c[nH]c2c(=O)[nH]cnc12. The minimum Gasteiger partial charge on any atom is -0.395 e. The van der Waals surface area contributed by atoms with Crippen LogP contribution in [0.15, 0.2) is 17.3 Å². The van der Waals surface area contributed by atoms with E-state index in [0.29, 0.717) is 17.6 Å². The molecule has 0 saturated carbocycles. The Morgan fingerprint density at radius 2 is 1.95 bits per heavy atom. The Kier molecular flexibility index (Phi) is 10.2. The lowest BCUT2D eigenvalue weighted by atomic mass is 10.2. The maximum Gasteiger partial charge on any atom is 0.275 e. The van der Waals surface area contributed by atoms with Gasteiger partial charge in [-0.05, 0) is 6.92 Å². The summed E-state index contributed by atoms with van der Waals surface area (Å²) < 4.78 is 0. The van der Waals surface area contributed by atoms with Crippen LogP contribution in [0.3, 0.4) is 0 Å². The summed E-state index contributed by atoms with van der Waals surface area (Å²) in [7, 11) is 0. The van der Waals surface area contributed by atoms with Gasteiger partial charge in [0.15, 0.2) is 0 Å². The Morgan fingerprint density at radius 3 is 2.52 bits per heavy atom. The number of nitrogens with one attached hydrogen (secondary N) is 3. The number of aliphatic hydroxyl groups excluding tert-OH is 1. The molecule has 4 N–H and O–H groups in total. The van der Waals surface area contributed by atoms with E-state index in [1.165, 1.54) is 12.7 Å². The average molecular weight is 296 g/mol. The molecule has 120 valence electrons. The molecule has 2 rings (SSSR count). The summed E-state index contributed by atoms with van der Waals surface area (Å²) in [5.41, 5.74) is 1.89. The number of fused-ring (bicyclic) bond motifs is 1. The van der Waals surface area contributed by atoms with Gasteiger partial charge < -0.3 is 20.4 Å². The van der Waals surface area contributed by atoms with Gasteiger partial charge in [-0.25, -0.2) is 4.98 Å². The maximum atomic E-state index is 11.4. The van der Waals surface area contributed by atoms with Crippen molar-refractivity contribution in [2.24, 2.45) is 0 Å². The molecule has 0 saturated heterocycles. The van der Waals surface area contributed by atoms with Crippen LogP contribution in [-0.4, -0.2) is 32.7 Å². The molecule has 6 nitrogen and oxygen atoms in total. The van der Waals surface area contributed by atoms with Crippen LogP contribution in [0.2, 0.25) is 0 Å². The lowest BCUT2D eigenvalue weighted by molar-refractivity contribution is 0.251. The number of rotatable bonds is 4. The van der Waals surface area contributed by atoms with Crippen molar-refractivity contribution in [2.75, 3.05) is 6.61 Å². The Morgan fingerprint density at radius 1 is 1.33 bits per heavy atom. The maximum absolute atomic E-state index is 11.4. The van der Waals surface area contributed by atoms with Crippen LogP contribution in [0.4, 0.5) is 0 Å². The number of H-pyrrole nitrogens is 2. The van der Waals surface area contributed by atoms with Gasteiger partial charge in [-0.15, -0.1) is 0 Å². The number of hydrogen-bond donors (Lipinski definition) is 4. The van der Waals surface area contributed by atoms with E-state index >= 15 is 0 Å². The first-order valence-corrected chi connectivity index (χ1v) is 7.51. The molecule has 0 bridgehead atoms. The number of aromatic amines is 2. The number of hydrogen-bond acceptors (Lipinski definition) is 4. The summed E-state index contributed by atoms with van der Waals surface area (Å²) in [6, 6.07) is 0.0203. The van der Waals surface area contributed by atoms with Crippen LogP contribution in [-0.2, 0) is 6.54 Å². The normalized spacial score (nSPS) is 11.1. The van der Waals surface area contributed by atoms with Crippen LogP contribution >= 0.6 is 0 Å². The third kappa shape index (κ3) is 6.10. The lowest BCUT2D eigenvalue weighted by Crippen LogP contribution is -2.28. The van der Waals surface area contributed by atoms with Crippen molar-refractivity contribution in [3.05, 3.63) is 28.4 Å². The smallest absolute Gasteiger partial charge is 0.275 e. The lowest BCUT2D eigenvalue weighted by Gasteiger charge is -2.09. The Hall–Kier alpha value is -1.66. The van der Waals surface area contributed by atoms with Crippen molar-refractivity contribution in [3.63, 3.8) is 0 Å². The minimum atomic E-state index is -0.175. The molecule has 0 aromatic carbocycles. The molecule has 0 radical (unpaired) electrons. The third-order valence-electron chi connectivity index (χ3n) is 2.46. The van der Waals surface area contributed by atoms with Gasteiger partial charge in [-0.1, -0.05) is 34.1 Å². The Labute approximate surface area is 126 Å². The van der Waals surface area contributed by atoms with E-state index in [2.05, 4.69) is 34.1 Å². The quantitative estimate of drug-likeness (QED) is 0.695. The van der Waals surface area contributed by atoms with Crippen molar-refractivity contribution in [1.29, 1.82) is 0 Å². The third-order valence-corrected chi connectivity index (χ3v) is 2.46. The predicted octanol–water partition coefficient (Wildman–Crippen LogP) is 2.16. The fourth-order valence-corrected chi connectivity index (χ4v) is 1.49. The van der Waals surface area contributed by atoms with Crippen molar-refractivity contribution >= 4 is 11.0 Å². The molecule has 0 aliphatic rings. The summed E-state index contributed by atoms with van der Waals surface area (Å²) in [6.07, 6.45) is 4.39. The second-order valence-electron chi connectivity index (χ2n) is 4.44. The van der Waals surface area contributed by atoms with E-state index in [1.54, 1.807) is 6.20 Å². The van der Waals surface area contributed by atoms with Crippen LogP contribution in [0.1, 0.15) is 46.6 Å². The largest absolute Gasteiger partial charge is 0.395 e. The highest BCUT2D eigenvalue weighted by Gasteiger charge is 2.08. The molecule has 2 aromatic heterocycles. The van der Waals surface area contributed by atoms with Crippen molar-refractivity contribution in [1.82, 2.24) is 20.3 Å². The molecule has 2 heterocycles. The predicted molar refractivity (Wildman–Crippen MR) is 87.4 cm³/mol. The van der Waals surface area contributed by atoms with E-state index < -0.39 is 0 Å². The molecule has 21 heavy (non-hydrogen) atoms. The van der Waals surface area contributed by atoms with Crippen molar-refractivity contribution < 1.29 is 5.11 Å². The van der Waals surface area contributed by atoms with E-state index in [9.17, 15) is 4.79 Å². The summed E-state index contributed by atoms with van der Waals surface area (Å²) in [6.45, 7) is 10.8. The number of aromatic nitrogens is 3. The van der Waals surface area contributed by atoms with Gasteiger partial charge in [-0.3, -0.25) is 4.79 Å². The van der Waals surface area contributed by atoms with E-state index in [4.69, 9.17) is 5.11 Å². The van der Waals surface area contributed by atoms with Gasteiger partial charge in [-0.2, -0.15) is 0 Å². The summed E-state index contributed by atoms with van der Waals surface area (Å²) in [5, 5.41) is 12.0. The second kappa shape index (κ2) is 11.0. The van der Waals surface area contributed by atoms with Gasteiger partial charge in [0.05, 0.1) is 18.5 Å². The zero-order chi connectivity index (χ0) is 16.3. The van der Waals surface area contributed by atoms with Crippen LogP contribution in [0.25, 0.3) is 11.0 Å². The monoisotopic (exact) mass is 296 g/mol. The fourth-order valence-electron chi connectivity index (χ4n) is 1.49. The van der Waals surface area contributed by atoms with E-state index in [0.717, 1.165) is 5.56 Å². The van der Waals surface area contributed by atoms with Gasteiger partial charge in [0.1, 0.15) is 5.52 Å². The molecule has 0 spiro atoms. The van der Waals surface area contributed by atoms with Gasteiger partial charge in [0, 0.05) is 24.3 Å². The van der Waals surface area contributed by atoms with Crippen molar-refractivity contribution in [2.45, 2.75) is 53.6 Å². The second-order valence-corrected chi connectivity index (χ2v) is 4.44. The molecule has 6 heteroatoms. The van der Waals surface area contributed by atoms with E-state index in [-0.39, 0.29) is 18.2 Å². The molecule has 0 amide bonds. The summed E-state index contributed by atoms with van der Waals surface area (Å²) in [5.74, 6) is 0. The highest BCUT2D eigenvalue weighted by Crippen LogP contribution is 2.10. The summed E-state index contributed by atoms with van der Waals surface area (Å²) in [4.78, 5) is 20.9. The molecule has 0 aliphatic carbocycles. The highest BCUT2D eigenvalue weighted by molar-refractivity contribution is 5.77. The minimum absolute atomic E-state index is 0.0203. The number of aliphatic hydroxyl groups is 1. The first-order valence-electron chi connectivity index (χ1n) is 7.51. The standard InChI is InChI=1S/C10H14N4O2.C3H8.C2H6/c1-6(4-15)11-2-7-3-12-9-8(7)13-5-14-10(9)16;1-3-2;1-2/h3,5-6,11-12,15H,2,4H2,1H3,(H,13,14,16);3H2,1-2H3;1-2H3/t6-;;/m1../s1. The molecule has 1 atom stereocenters. The van der Waals surface area contributed by atoms with E-state index in [1.807, 2.05) is 20.8 Å². The highest BCUT2D eigenvalue weighted by atomic mass is 16.3. The topological polar surface area (TPSA) is 93.8 Å². The fraction of sp³-hybridized carbons (Fsp3) is 0.600. The summed E-state index contributed by atoms with van der Waals surface area (Å²) >= 11 is 0. The molecule has 0 fully saturated rings. The first kappa shape index (κ1) is 19.3. The van der Waals surface area contributed by atoms with Crippen molar-refractivity contribution in [3.8, 4) is 0 Å². The molecule has 0 aliphatic heterocycles. The van der Waals surface area contributed by atoms with Crippen LogP contribution in [0.5, 0.6) is 0 Å². The van der Waals surface area contributed by atoms with Gasteiger partial charge in [0.2, 0.25) is 0 Å². The zero-order valence-electron chi connectivity index (χ0n) is 13.7. The first-order chi connectivity index (χ1) is 10.1. The molecular weight excluding hydrogens is 268 g/mol.